The van der Waals surface area contributed by atoms with Crippen LogP contribution in [0.1, 0.15) is 144 Å². The molecule has 0 amide bonds. The highest BCUT2D eigenvalue weighted by Gasteiger charge is 2.59. The Morgan fingerprint density at radius 2 is 1.76 bits per heavy atom. The molecule has 218 valence electrons. The van der Waals surface area contributed by atoms with Gasteiger partial charge in [-0.2, -0.15) is 0 Å². The van der Waals surface area contributed by atoms with Crippen molar-refractivity contribution in [1.82, 2.24) is 0 Å². The summed E-state index contributed by atoms with van der Waals surface area (Å²) in [6.07, 6.45) is 21.1. The molecule has 0 heterocycles. The second-order valence-corrected chi connectivity index (χ2v) is 14.9. The molecule has 0 bridgehead atoms. The standard InChI is InChI=1S/C35H60O3/c1-7-8-9-10-11-12-33(37)38-27-19-21-34(5)26(23-27)14-15-28-30-17-16-29(35(30,6)22-20-31(28)34)25(4)13-18-32(36)24(2)3/h14,24-25,27-32,36H,7-13,15-23H2,1-6H3/t25-,27+,28+,29-,30+,31+,32?,34+,35-/m1/s1. The molecule has 4 aliphatic carbocycles. The van der Waals surface area contributed by atoms with Gasteiger partial charge in [0.05, 0.1) is 6.10 Å². The molecule has 4 rings (SSSR count). The molecule has 1 N–H and O–H groups in total. The van der Waals surface area contributed by atoms with E-state index in [0.29, 0.717) is 29.1 Å². The van der Waals surface area contributed by atoms with Crippen molar-refractivity contribution in [1.29, 1.82) is 0 Å². The summed E-state index contributed by atoms with van der Waals surface area (Å²) >= 11 is 0. The fourth-order valence-corrected chi connectivity index (χ4v) is 9.79. The Hall–Kier alpha value is -0.830. The Kier molecular flexibility index (Phi) is 10.1. The van der Waals surface area contributed by atoms with Crippen LogP contribution in [0.15, 0.2) is 11.6 Å². The van der Waals surface area contributed by atoms with Crippen LogP contribution < -0.4 is 0 Å². The van der Waals surface area contributed by atoms with Gasteiger partial charge in [0.2, 0.25) is 0 Å². The van der Waals surface area contributed by atoms with E-state index in [1.807, 2.05) is 0 Å². The largest absolute Gasteiger partial charge is 0.462 e. The van der Waals surface area contributed by atoms with Crippen LogP contribution in [0.3, 0.4) is 0 Å². The van der Waals surface area contributed by atoms with Gasteiger partial charge >= 0.3 is 5.97 Å². The van der Waals surface area contributed by atoms with E-state index in [0.717, 1.165) is 55.8 Å². The number of allylic oxidation sites excluding steroid dienone is 1. The first-order chi connectivity index (χ1) is 18.1. The zero-order valence-corrected chi connectivity index (χ0v) is 25.8. The molecule has 0 aliphatic heterocycles. The predicted octanol–water partition coefficient (Wildman–Crippen LogP) is 9.27. The van der Waals surface area contributed by atoms with Crippen molar-refractivity contribution >= 4 is 5.97 Å². The minimum atomic E-state index is -0.153. The maximum Gasteiger partial charge on any atom is 0.306 e. The average molecular weight is 529 g/mol. The lowest BCUT2D eigenvalue weighted by Gasteiger charge is -2.58. The van der Waals surface area contributed by atoms with Crippen LogP contribution in [0.25, 0.3) is 0 Å². The SMILES string of the molecule is CCCCCCCC(=O)O[C@H]1CC[C@@]2(C)C(=CC[C@H]3[C@@H]4CC[C@H]([C@H](C)CCC(O)C(C)C)[C@@]4(C)CC[C@@H]32)C1. The smallest absolute Gasteiger partial charge is 0.306 e. The quantitative estimate of drug-likeness (QED) is 0.156. The molecule has 3 saturated carbocycles. The number of fused-ring (bicyclic) bond motifs is 5. The molecule has 3 heteroatoms. The third-order valence-electron chi connectivity index (χ3n) is 12.3. The summed E-state index contributed by atoms with van der Waals surface area (Å²) < 4.78 is 6.01. The van der Waals surface area contributed by atoms with Crippen LogP contribution in [0.4, 0.5) is 0 Å². The number of hydrogen-bond donors (Lipinski definition) is 1. The lowest BCUT2D eigenvalue weighted by molar-refractivity contribution is -0.151. The van der Waals surface area contributed by atoms with Gasteiger partial charge in [-0.1, -0.05) is 78.9 Å². The van der Waals surface area contributed by atoms with Crippen LogP contribution >= 0.6 is 0 Å². The molecule has 0 aromatic carbocycles. The number of esters is 1. The first-order valence-corrected chi connectivity index (χ1v) is 16.7. The van der Waals surface area contributed by atoms with Gasteiger partial charge in [0, 0.05) is 12.8 Å². The van der Waals surface area contributed by atoms with Crippen LogP contribution in [0.5, 0.6) is 0 Å². The van der Waals surface area contributed by atoms with Crippen molar-refractivity contribution in [3.8, 4) is 0 Å². The van der Waals surface area contributed by atoms with E-state index in [1.165, 1.54) is 64.2 Å². The van der Waals surface area contributed by atoms with E-state index < -0.39 is 0 Å². The summed E-state index contributed by atoms with van der Waals surface area (Å²) in [4.78, 5) is 12.5. The van der Waals surface area contributed by atoms with Crippen molar-refractivity contribution < 1.29 is 14.6 Å². The average Bonchev–Trinajstić information content (AvgIpc) is 3.24. The summed E-state index contributed by atoms with van der Waals surface area (Å²) in [5, 5.41) is 10.4. The highest BCUT2D eigenvalue weighted by Crippen LogP contribution is 2.67. The lowest BCUT2D eigenvalue weighted by atomic mass is 9.47. The molecule has 0 saturated heterocycles. The van der Waals surface area contributed by atoms with Crippen molar-refractivity contribution in [3.05, 3.63) is 11.6 Å². The van der Waals surface area contributed by atoms with Gasteiger partial charge < -0.3 is 9.84 Å². The Labute approximate surface area is 235 Å². The van der Waals surface area contributed by atoms with E-state index in [4.69, 9.17) is 4.74 Å². The van der Waals surface area contributed by atoms with Gasteiger partial charge in [-0.05, 0) is 111 Å². The van der Waals surface area contributed by atoms with Gasteiger partial charge in [0.1, 0.15) is 6.10 Å². The van der Waals surface area contributed by atoms with Gasteiger partial charge in [-0.15, -0.1) is 0 Å². The monoisotopic (exact) mass is 528 g/mol. The van der Waals surface area contributed by atoms with E-state index >= 15 is 0 Å². The first kappa shape index (κ1) is 30.1. The highest BCUT2D eigenvalue weighted by atomic mass is 16.5. The minimum absolute atomic E-state index is 0.0323. The Bertz CT molecular complexity index is 816. The predicted molar refractivity (Wildman–Crippen MR) is 158 cm³/mol. The van der Waals surface area contributed by atoms with Gasteiger partial charge in [0.25, 0.3) is 0 Å². The van der Waals surface area contributed by atoms with Crippen molar-refractivity contribution in [2.24, 2.45) is 46.3 Å². The van der Waals surface area contributed by atoms with Crippen molar-refractivity contribution in [3.63, 3.8) is 0 Å². The number of carbonyl (C=O) groups is 1. The molecule has 3 nitrogen and oxygen atoms in total. The molecule has 3 fully saturated rings. The van der Waals surface area contributed by atoms with Gasteiger partial charge in [-0.25, -0.2) is 0 Å². The highest BCUT2D eigenvalue weighted by molar-refractivity contribution is 5.69. The zero-order chi connectivity index (χ0) is 27.5. The Morgan fingerprint density at radius 3 is 2.50 bits per heavy atom. The number of ether oxygens (including phenoxy) is 1. The molecule has 1 unspecified atom stereocenters. The van der Waals surface area contributed by atoms with E-state index in [-0.39, 0.29) is 18.2 Å². The number of rotatable bonds is 12. The maximum absolute atomic E-state index is 12.5. The Morgan fingerprint density at radius 1 is 1.00 bits per heavy atom. The topological polar surface area (TPSA) is 46.5 Å². The van der Waals surface area contributed by atoms with E-state index in [9.17, 15) is 9.90 Å². The molecule has 4 aliphatic rings. The van der Waals surface area contributed by atoms with Crippen molar-refractivity contribution in [2.45, 2.75) is 156 Å². The normalized spacial score (nSPS) is 38.1. The zero-order valence-electron chi connectivity index (χ0n) is 25.8. The first-order valence-electron chi connectivity index (χ1n) is 16.7. The molecule has 0 aromatic heterocycles. The summed E-state index contributed by atoms with van der Waals surface area (Å²) in [6, 6.07) is 0. The fraction of sp³-hybridized carbons (Fsp3) is 0.914. The van der Waals surface area contributed by atoms with Crippen LogP contribution in [-0.2, 0) is 9.53 Å². The van der Waals surface area contributed by atoms with Crippen molar-refractivity contribution in [2.75, 3.05) is 0 Å². The van der Waals surface area contributed by atoms with Gasteiger partial charge in [0.15, 0.2) is 0 Å². The molecular weight excluding hydrogens is 468 g/mol. The third kappa shape index (κ3) is 6.23. The molecular formula is C35H60O3. The number of aliphatic hydroxyl groups is 1. The molecule has 0 radical (unpaired) electrons. The number of unbranched alkanes of at least 4 members (excludes halogenated alkanes) is 4. The fourth-order valence-electron chi connectivity index (χ4n) is 9.79. The van der Waals surface area contributed by atoms with Crippen LogP contribution in [-0.4, -0.2) is 23.3 Å². The minimum Gasteiger partial charge on any atom is -0.462 e. The maximum atomic E-state index is 12.5. The summed E-state index contributed by atoms with van der Waals surface area (Å²) in [7, 11) is 0. The number of aliphatic hydroxyl groups excluding tert-OH is 1. The van der Waals surface area contributed by atoms with E-state index in [2.05, 4.69) is 47.6 Å². The van der Waals surface area contributed by atoms with Crippen LogP contribution in [0, 0.1) is 46.3 Å². The summed E-state index contributed by atoms with van der Waals surface area (Å²) in [5.41, 5.74) is 2.38. The second-order valence-electron chi connectivity index (χ2n) is 14.9. The van der Waals surface area contributed by atoms with E-state index in [1.54, 1.807) is 5.57 Å². The summed E-state index contributed by atoms with van der Waals surface area (Å²) in [6.45, 7) is 14.2. The lowest BCUT2D eigenvalue weighted by Crippen LogP contribution is -2.51. The molecule has 0 spiro atoms. The van der Waals surface area contributed by atoms with Gasteiger partial charge in [-0.3, -0.25) is 4.79 Å². The molecule has 38 heavy (non-hydrogen) atoms. The third-order valence-corrected chi connectivity index (χ3v) is 12.3. The number of hydrogen-bond acceptors (Lipinski definition) is 3. The summed E-state index contributed by atoms with van der Waals surface area (Å²) in [5.74, 6) is 4.38. The molecule has 9 atom stereocenters. The Balaban J connectivity index is 1.34. The second kappa shape index (κ2) is 12.8. The number of carbonyl (C=O) groups excluding carboxylic acids is 1. The molecule has 0 aromatic rings. The van der Waals surface area contributed by atoms with Crippen LogP contribution in [0.2, 0.25) is 0 Å².